The topological polar surface area (TPSA) is 62.2 Å². The smallest absolute Gasteiger partial charge is 0.479 e. The summed E-state index contributed by atoms with van der Waals surface area (Å²) >= 11 is 0. The van der Waals surface area contributed by atoms with Gasteiger partial charge in [-0.2, -0.15) is 4.57 Å². The lowest BCUT2D eigenvalue weighted by molar-refractivity contribution is -0.613. The summed E-state index contributed by atoms with van der Waals surface area (Å²) in [5.41, 5.74) is 1.45. The lowest BCUT2D eigenvalue weighted by Gasteiger charge is -1.97. The van der Waals surface area contributed by atoms with Crippen LogP contribution in [0.2, 0.25) is 0 Å². The van der Waals surface area contributed by atoms with Crippen molar-refractivity contribution >= 4 is 11.2 Å². The molecular weight excluding hydrogens is 335 g/mol. The Bertz CT molecular complexity index is 896. The first-order valence-corrected chi connectivity index (χ1v) is 6.56. The number of halogens is 2. The Kier molecular flexibility index (Phi) is 5.20. The third-order valence-corrected chi connectivity index (χ3v) is 3.16. The van der Waals surface area contributed by atoms with Crippen molar-refractivity contribution in [3.05, 3.63) is 67.5 Å². The summed E-state index contributed by atoms with van der Waals surface area (Å²) in [6.45, 7) is 0. The molecule has 0 aromatic carbocycles. The molecule has 4 aromatic heterocycles. The van der Waals surface area contributed by atoms with E-state index >= 15 is 0 Å². The van der Waals surface area contributed by atoms with Gasteiger partial charge in [0, 0.05) is 4.98 Å². The second-order valence-corrected chi connectivity index (χ2v) is 4.51. The maximum atomic E-state index is 4.66. The van der Waals surface area contributed by atoms with Gasteiger partial charge < -0.3 is 29.8 Å². The number of aromatic nitrogens is 6. The Labute approximate surface area is 144 Å². The van der Waals surface area contributed by atoms with E-state index in [0.717, 1.165) is 11.3 Å². The maximum Gasteiger partial charge on any atom is 0.479 e. The summed E-state index contributed by atoms with van der Waals surface area (Å²) in [5, 5.41) is 0. The number of rotatable bonds is 2. The Morgan fingerprint density at radius 2 is 1.35 bits per heavy atom. The van der Waals surface area contributed by atoms with Crippen LogP contribution in [0.4, 0.5) is 0 Å². The maximum absolute atomic E-state index is 4.66. The van der Waals surface area contributed by atoms with Crippen molar-refractivity contribution in [3.63, 3.8) is 0 Å². The van der Waals surface area contributed by atoms with E-state index in [9.17, 15) is 0 Å². The minimum atomic E-state index is 0. The number of hydrogen-bond acceptors (Lipinski definition) is 3. The van der Waals surface area contributed by atoms with E-state index in [1.807, 2.05) is 70.3 Å². The van der Waals surface area contributed by atoms with Crippen LogP contribution in [0.25, 0.3) is 22.9 Å². The van der Waals surface area contributed by atoms with Crippen LogP contribution in [0.15, 0.2) is 67.5 Å². The molecule has 8 heteroatoms. The molecule has 4 rings (SSSR count). The number of nitrogens with zero attached hydrogens (tertiary/aromatic N) is 5. The van der Waals surface area contributed by atoms with Crippen LogP contribution >= 0.6 is 0 Å². The van der Waals surface area contributed by atoms with Crippen LogP contribution in [0.3, 0.4) is 0 Å². The fraction of sp³-hybridized carbons (Fsp3) is 0. The van der Waals surface area contributed by atoms with Gasteiger partial charge >= 0.3 is 11.8 Å². The van der Waals surface area contributed by atoms with Crippen molar-refractivity contribution in [1.82, 2.24) is 19.9 Å². The van der Waals surface area contributed by atoms with E-state index in [0.29, 0.717) is 11.6 Å². The molecule has 0 atom stereocenters. The summed E-state index contributed by atoms with van der Waals surface area (Å²) in [4.78, 5) is 16.5. The molecular formula is C15H12Cl2N6. The molecule has 0 unspecified atom stereocenters. The lowest BCUT2D eigenvalue weighted by Crippen LogP contribution is -3.00. The number of H-pyrrole nitrogens is 1. The van der Waals surface area contributed by atoms with E-state index in [2.05, 4.69) is 19.9 Å². The van der Waals surface area contributed by atoms with Crippen LogP contribution in [0.5, 0.6) is 0 Å². The van der Waals surface area contributed by atoms with Crippen molar-refractivity contribution in [3.8, 4) is 11.8 Å². The first kappa shape index (κ1) is 16.8. The van der Waals surface area contributed by atoms with Gasteiger partial charge in [0.05, 0.1) is 31.1 Å². The minimum Gasteiger partial charge on any atom is -1.00 e. The van der Waals surface area contributed by atoms with Crippen LogP contribution in [0.1, 0.15) is 0 Å². The van der Waals surface area contributed by atoms with Gasteiger partial charge in [-0.1, -0.05) is 12.1 Å². The first-order valence-electron chi connectivity index (χ1n) is 6.56. The van der Waals surface area contributed by atoms with Gasteiger partial charge in [0.2, 0.25) is 0 Å². The number of pyridine rings is 2. The van der Waals surface area contributed by atoms with E-state index in [1.165, 1.54) is 0 Å². The van der Waals surface area contributed by atoms with E-state index in [4.69, 9.17) is 0 Å². The molecule has 0 bridgehead atoms. The zero-order valence-electron chi connectivity index (χ0n) is 11.8. The van der Waals surface area contributed by atoms with Gasteiger partial charge in [0.1, 0.15) is 0 Å². The lowest BCUT2D eigenvalue weighted by atomic mass is 10.4. The molecule has 0 radical (unpaired) electrons. The zero-order valence-corrected chi connectivity index (χ0v) is 13.4. The highest BCUT2D eigenvalue weighted by atomic mass is 35.5. The first-order chi connectivity index (χ1) is 10.4. The average molecular weight is 347 g/mol. The average Bonchev–Trinajstić information content (AvgIpc) is 3.04. The molecule has 0 aliphatic rings. The monoisotopic (exact) mass is 346 g/mol. The van der Waals surface area contributed by atoms with Crippen molar-refractivity contribution in [2.75, 3.05) is 0 Å². The Morgan fingerprint density at radius 3 is 2.00 bits per heavy atom. The van der Waals surface area contributed by atoms with Crippen LogP contribution in [-0.2, 0) is 0 Å². The third-order valence-electron chi connectivity index (χ3n) is 3.16. The number of fused-ring (bicyclic) bond motifs is 1. The summed E-state index contributed by atoms with van der Waals surface area (Å²) in [7, 11) is 0. The van der Waals surface area contributed by atoms with Gasteiger partial charge in [0.25, 0.3) is 5.65 Å². The van der Waals surface area contributed by atoms with Crippen molar-refractivity contribution in [2.24, 2.45) is 0 Å². The summed E-state index contributed by atoms with van der Waals surface area (Å²) in [5.74, 6) is 1.35. The highest BCUT2D eigenvalue weighted by molar-refractivity contribution is 5.75. The third kappa shape index (κ3) is 3.13. The standard InChI is InChI=1S/C15H12N6.2ClH/c1-3-7-20(8-4-1)14-12-13(17-11-16-12)18-15(19-14)21-9-5-2-6-10-21;;/h1-11H,(H,16,17,18,19);2*1H/q+2;;/p-2. The number of nitrogens with one attached hydrogen (secondary N) is 1. The van der Waals surface area contributed by atoms with Gasteiger partial charge in [-0.25, -0.2) is 9.55 Å². The molecule has 0 saturated heterocycles. The van der Waals surface area contributed by atoms with Crippen molar-refractivity contribution in [2.45, 2.75) is 0 Å². The zero-order chi connectivity index (χ0) is 14.1. The quantitative estimate of drug-likeness (QED) is 0.369. The predicted molar refractivity (Wildman–Crippen MR) is 74.7 cm³/mol. The second-order valence-electron chi connectivity index (χ2n) is 4.51. The fourth-order valence-electron chi connectivity index (χ4n) is 2.18. The van der Waals surface area contributed by atoms with Crippen LogP contribution < -0.4 is 33.9 Å². The van der Waals surface area contributed by atoms with Gasteiger partial charge in [-0.15, -0.1) is 0 Å². The minimum absolute atomic E-state index is 0. The Morgan fingerprint density at radius 1 is 0.739 bits per heavy atom. The fourth-order valence-corrected chi connectivity index (χ4v) is 2.18. The Hall–Kier alpha value is -2.57. The molecule has 23 heavy (non-hydrogen) atoms. The Balaban J connectivity index is 0.000000960. The van der Waals surface area contributed by atoms with Crippen LogP contribution in [-0.4, -0.2) is 19.9 Å². The predicted octanol–water partition coefficient (Wildman–Crippen LogP) is -5.09. The van der Waals surface area contributed by atoms with Gasteiger partial charge in [-0.05, 0) is 29.2 Å². The van der Waals surface area contributed by atoms with Crippen LogP contribution in [0, 0.1) is 0 Å². The van der Waals surface area contributed by atoms with E-state index in [1.54, 1.807) is 6.33 Å². The summed E-state index contributed by atoms with van der Waals surface area (Å²) in [6, 6.07) is 11.7. The van der Waals surface area contributed by atoms with E-state index in [-0.39, 0.29) is 24.8 Å². The summed E-state index contributed by atoms with van der Waals surface area (Å²) < 4.78 is 3.80. The normalized spacial score (nSPS) is 9.91. The number of imidazole rings is 1. The molecule has 0 aliphatic heterocycles. The molecule has 4 heterocycles. The molecule has 1 N–H and O–H groups in total. The highest BCUT2D eigenvalue weighted by Gasteiger charge is 2.24. The SMILES string of the molecule is [Cl-].[Cl-].c1cc[n+](-c2nc(-[n+]3ccccc3)c3[nH]cnc3n2)cc1. The molecule has 6 nitrogen and oxygen atoms in total. The van der Waals surface area contributed by atoms with E-state index < -0.39 is 0 Å². The molecule has 0 amide bonds. The highest BCUT2D eigenvalue weighted by Crippen LogP contribution is 2.11. The number of aromatic amines is 1. The molecule has 0 aliphatic carbocycles. The van der Waals surface area contributed by atoms with Crippen molar-refractivity contribution < 1.29 is 33.9 Å². The summed E-state index contributed by atoms with van der Waals surface area (Å²) in [6.07, 6.45) is 9.34. The number of hydrogen-bond donors (Lipinski definition) is 1. The van der Waals surface area contributed by atoms with Gasteiger partial charge in [0.15, 0.2) is 5.52 Å². The molecule has 4 aromatic rings. The largest absolute Gasteiger partial charge is 1.00 e. The molecule has 0 saturated carbocycles. The second kappa shape index (κ2) is 7.13. The van der Waals surface area contributed by atoms with Crippen molar-refractivity contribution in [1.29, 1.82) is 0 Å². The van der Waals surface area contributed by atoms with Gasteiger partial charge in [-0.3, -0.25) is 0 Å². The molecule has 116 valence electrons. The molecule has 0 spiro atoms. The molecule has 0 fully saturated rings.